The SMILES string of the molecule is NS(=O)(=O)CCCNC(=O)NCC(=O)O. The number of hydrogen-bond acceptors (Lipinski definition) is 4. The van der Waals surface area contributed by atoms with Crippen molar-refractivity contribution in [1.82, 2.24) is 10.6 Å². The van der Waals surface area contributed by atoms with Crippen molar-refractivity contribution in [1.29, 1.82) is 0 Å². The fourth-order valence-corrected chi connectivity index (χ4v) is 1.24. The second kappa shape index (κ2) is 6.19. The van der Waals surface area contributed by atoms with E-state index in [4.69, 9.17) is 10.2 Å². The van der Waals surface area contributed by atoms with Crippen LogP contribution in [0.5, 0.6) is 0 Å². The molecule has 0 unspecified atom stereocenters. The van der Waals surface area contributed by atoms with Crippen LogP contribution in [0.25, 0.3) is 0 Å². The number of carboxylic acids is 1. The van der Waals surface area contributed by atoms with E-state index in [0.29, 0.717) is 0 Å². The molecule has 88 valence electrons. The first-order chi connectivity index (χ1) is 6.81. The van der Waals surface area contributed by atoms with Gasteiger partial charge in [0.1, 0.15) is 6.54 Å². The lowest BCUT2D eigenvalue weighted by atomic mass is 10.5. The Labute approximate surface area is 86.9 Å². The van der Waals surface area contributed by atoms with Crippen molar-refractivity contribution in [3.05, 3.63) is 0 Å². The summed E-state index contributed by atoms with van der Waals surface area (Å²) in [4.78, 5) is 20.8. The van der Waals surface area contributed by atoms with Crippen LogP contribution in [0.15, 0.2) is 0 Å². The molecule has 5 N–H and O–H groups in total. The van der Waals surface area contributed by atoms with Crippen molar-refractivity contribution in [2.75, 3.05) is 18.8 Å². The zero-order valence-electron chi connectivity index (χ0n) is 7.89. The molecule has 0 aliphatic heterocycles. The number of carboxylic acid groups (broad SMARTS) is 1. The van der Waals surface area contributed by atoms with Crippen LogP contribution in [0.4, 0.5) is 4.79 Å². The number of sulfonamides is 1. The highest BCUT2D eigenvalue weighted by atomic mass is 32.2. The van der Waals surface area contributed by atoms with Crippen molar-refractivity contribution >= 4 is 22.0 Å². The molecule has 9 heteroatoms. The van der Waals surface area contributed by atoms with Gasteiger partial charge in [-0.05, 0) is 6.42 Å². The van der Waals surface area contributed by atoms with Crippen molar-refractivity contribution < 1.29 is 23.1 Å². The third-order valence-corrected chi connectivity index (χ3v) is 2.15. The summed E-state index contributed by atoms with van der Waals surface area (Å²) < 4.78 is 20.9. The molecule has 0 heterocycles. The molecule has 2 amide bonds. The van der Waals surface area contributed by atoms with Gasteiger partial charge in [-0.3, -0.25) is 4.79 Å². The number of primary sulfonamides is 1. The van der Waals surface area contributed by atoms with Crippen LogP contribution < -0.4 is 15.8 Å². The zero-order chi connectivity index (χ0) is 11.9. The predicted octanol–water partition coefficient (Wildman–Crippen LogP) is -1.95. The minimum Gasteiger partial charge on any atom is -0.480 e. The fraction of sp³-hybridized carbons (Fsp3) is 0.667. The lowest BCUT2D eigenvalue weighted by Crippen LogP contribution is -2.39. The average Bonchev–Trinajstić information content (AvgIpc) is 2.07. The number of carbonyl (C=O) groups is 2. The summed E-state index contributed by atoms with van der Waals surface area (Å²) in [5.41, 5.74) is 0. The van der Waals surface area contributed by atoms with Gasteiger partial charge < -0.3 is 15.7 Å². The Morgan fingerprint density at radius 3 is 2.33 bits per heavy atom. The number of amides is 2. The largest absolute Gasteiger partial charge is 0.480 e. The number of urea groups is 1. The number of hydrogen-bond donors (Lipinski definition) is 4. The van der Waals surface area contributed by atoms with Gasteiger partial charge in [-0.1, -0.05) is 0 Å². The van der Waals surface area contributed by atoms with Gasteiger partial charge in [-0.2, -0.15) is 0 Å². The summed E-state index contributed by atoms with van der Waals surface area (Å²) in [6.07, 6.45) is 0.180. The van der Waals surface area contributed by atoms with Gasteiger partial charge in [0.2, 0.25) is 10.0 Å². The van der Waals surface area contributed by atoms with E-state index in [1.807, 2.05) is 5.32 Å². The van der Waals surface area contributed by atoms with E-state index in [9.17, 15) is 18.0 Å². The van der Waals surface area contributed by atoms with Crippen LogP contribution in [0.2, 0.25) is 0 Å². The molecule has 8 nitrogen and oxygen atoms in total. The Morgan fingerprint density at radius 2 is 1.87 bits per heavy atom. The van der Waals surface area contributed by atoms with E-state index in [1.165, 1.54) is 0 Å². The van der Waals surface area contributed by atoms with Crippen molar-refractivity contribution in [3.63, 3.8) is 0 Å². The topological polar surface area (TPSA) is 139 Å². The molecule has 0 aliphatic carbocycles. The van der Waals surface area contributed by atoms with Crippen LogP contribution in [-0.2, 0) is 14.8 Å². The molecule has 0 rings (SSSR count). The maximum absolute atomic E-state index is 10.8. The Bertz CT molecular complexity index is 326. The molecule has 0 saturated heterocycles. The van der Waals surface area contributed by atoms with Gasteiger partial charge in [0.15, 0.2) is 0 Å². The van der Waals surface area contributed by atoms with Crippen LogP contribution in [0, 0.1) is 0 Å². The molecule has 0 aromatic heterocycles. The number of aliphatic carboxylic acids is 1. The highest BCUT2D eigenvalue weighted by Gasteiger charge is 2.04. The van der Waals surface area contributed by atoms with Gasteiger partial charge in [0.25, 0.3) is 0 Å². The molecule has 0 aromatic rings. The van der Waals surface area contributed by atoms with Crippen molar-refractivity contribution in [2.24, 2.45) is 5.14 Å². The van der Waals surface area contributed by atoms with Gasteiger partial charge in [0, 0.05) is 6.54 Å². The first kappa shape index (κ1) is 13.7. The highest BCUT2D eigenvalue weighted by Crippen LogP contribution is 1.83. The van der Waals surface area contributed by atoms with E-state index >= 15 is 0 Å². The van der Waals surface area contributed by atoms with E-state index in [-0.39, 0.29) is 18.7 Å². The molecule has 0 atom stereocenters. The molecule has 0 fully saturated rings. The van der Waals surface area contributed by atoms with Crippen LogP contribution in [0.3, 0.4) is 0 Å². The summed E-state index contributed by atoms with van der Waals surface area (Å²) in [7, 11) is -3.51. The number of carbonyl (C=O) groups excluding carboxylic acids is 1. The van der Waals surface area contributed by atoms with Gasteiger partial charge in [-0.15, -0.1) is 0 Å². The number of nitrogens with one attached hydrogen (secondary N) is 2. The monoisotopic (exact) mass is 239 g/mol. The third-order valence-electron chi connectivity index (χ3n) is 1.29. The Kier molecular flexibility index (Phi) is 5.64. The standard InChI is InChI=1S/C6H13N3O5S/c7-15(13,14)3-1-2-8-6(12)9-4-5(10)11/h1-4H2,(H,10,11)(H2,7,13,14)(H2,8,9,12). The first-order valence-electron chi connectivity index (χ1n) is 4.05. The van der Waals surface area contributed by atoms with E-state index in [0.717, 1.165) is 0 Å². The summed E-state index contributed by atoms with van der Waals surface area (Å²) in [6.45, 7) is -0.372. The summed E-state index contributed by atoms with van der Waals surface area (Å²) >= 11 is 0. The van der Waals surface area contributed by atoms with E-state index in [2.05, 4.69) is 5.32 Å². The van der Waals surface area contributed by atoms with Crippen molar-refractivity contribution in [2.45, 2.75) is 6.42 Å². The molecule has 0 aliphatic rings. The Hall–Kier alpha value is -1.35. The minimum absolute atomic E-state index is 0.113. The third kappa shape index (κ3) is 10.6. The first-order valence-corrected chi connectivity index (χ1v) is 5.77. The molecule has 0 saturated carbocycles. The number of nitrogens with two attached hydrogens (primary N) is 1. The molecule has 0 radical (unpaired) electrons. The fourth-order valence-electron chi connectivity index (χ4n) is 0.694. The highest BCUT2D eigenvalue weighted by molar-refractivity contribution is 7.89. The van der Waals surface area contributed by atoms with Crippen molar-refractivity contribution in [3.8, 4) is 0 Å². The van der Waals surface area contributed by atoms with Gasteiger partial charge >= 0.3 is 12.0 Å². The van der Waals surface area contributed by atoms with Gasteiger partial charge in [0.05, 0.1) is 5.75 Å². The molecule has 0 spiro atoms. The zero-order valence-corrected chi connectivity index (χ0v) is 8.71. The smallest absolute Gasteiger partial charge is 0.323 e. The predicted molar refractivity (Wildman–Crippen MR) is 51.6 cm³/mol. The van der Waals surface area contributed by atoms with Crippen LogP contribution in [-0.4, -0.2) is 44.4 Å². The van der Waals surface area contributed by atoms with Gasteiger partial charge in [-0.25, -0.2) is 18.4 Å². The summed E-state index contributed by atoms with van der Waals surface area (Å²) in [5, 5.41) is 17.2. The summed E-state index contributed by atoms with van der Waals surface area (Å²) in [6, 6.07) is -0.660. The molecular weight excluding hydrogens is 226 g/mol. The van der Waals surface area contributed by atoms with E-state index < -0.39 is 28.6 Å². The maximum Gasteiger partial charge on any atom is 0.323 e. The number of rotatable bonds is 6. The Balaban J connectivity index is 3.52. The molecule has 15 heavy (non-hydrogen) atoms. The second-order valence-electron chi connectivity index (χ2n) is 2.72. The lowest BCUT2D eigenvalue weighted by molar-refractivity contribution is -0.135. The van der Waals surface area contributed by atoms with Crippen LogP contribution in [0.1, 0.15) is 6.42 Å². The quantitative estimate of drug-likeness (QED) is 0.399. The molecular formula is C6H13N3O5S. The lowest BCUT2D eigenvalue weighted by Gasteiger charge is -2.04. The second-order valence-corrected chi connectivity index (χ2v) is 4.46. The van der Waals surface area contributed by atoms with E-state index in [1.54, 1.807) is 0 Å². The molecule has 0 bridgehead atoms. The maximum atomic E-state index is 10.8. The minimum atomic E-state index is -3.51. The molecule has 0 aromatic carbocycles. The van der Waals surface area contributed by atoms with Crippen LogP contribution >= 0.6 is 0 Å². The normalized spacial score (nSPS) is 10.7. The Morgan fingerprint density at radius 1 is 1.27 bits per heavy atom. The summed E-state index contributed by atoms with van der Waals surface area (Å²) in [5.74, 6) is -1.39. The average molecular weight is 239 g/mol.